The van der Waals surface area contributed by atoms with Crippen molar-refractivity contribution >= 4 is 22.7 Å². The number of aromatic carboxylic acids is 1. The standard InChI is InChI=1S/C17H20N4O2/c22-17(23)14-9-12-10-16(18-11-15(12)19-14)21-7-5-20(6-8-21)13-3-1-2-4-13/h3,9-11,19H,1-2,4-8H2,(H,22,23). The number of carboxylic acids is 1. The summed E-state index contributed by atoms with van der Waals surface area (Å²) < 4.78 is 0. The largest absolute Gasteiger partial charge is 0.477 e. The monoisotopic (exact) mass is 312 g/mol. The minimum absolute atomic E-state index is 0.205. The van der Waals surface area contributed by atoms with Gasteiger partial charge in [0, 0.05) is 37.3 Å². The first kappa shape index (κ1) is 14.1. The van der Waals surface area contributed by atoms with Gasteiger partial charge in [-0.1, -0.05) is 6.08 Å². The van der Waals surface area contributed by atoms with E-state index in [2.05, 4.69) is 25.8 Å². The van der Waals surface area contributed by atoms with Gasteiger partial charge < -0.3 is 19.9 Å². The van der Waals surface area contributed by atoms with E-state index in [0.29, 0.717) is 0 Å². The van der Waals surface area contributed by atoms with Gasteiger partial charge in [-0.3, -0.25) is 0 Å². The predicted molar refractivity (Wildman–Crippen MR) is 88.8 cm³/mol. The third-order valence-electron chi connectivity index (χ3n) is 4.75. The molecule has 0 spiro atoms. The van der Waals surface area contributed by atoms with Gasteiger partial charge in [0.15, 0.2) is 0 Å². The molecular weight excluding hydrogens is 292 g/mol. The van der Waals surface area contributed by atoms with Gasteiger partial charge in [-0.2, -0.15) is 0 Å². The molecule has 0 atom stereocenters. The van der Waals surface area contributed by atoms with Crippen molar-refractivity contribution in [2.75, 3.05) is 31.1 Å². The Balaban J connectivity index is 1.50. The maximum Gasteiger partial charge on any atom is 0.352 e. The van der Waals surface area contributed by atoms with Crippen LogP contribution in [0.2, 0.25) is 0 Å². The van der Waals surface area contributed by atoms with Gasteiger partial charge in [0.05, 0.1) is 11.7 Å². The third kappa shape index (κ3) is 2.65. The van der Waals surface area contributed by atoms with Crippen LogP contribution >= 0.6 is 0 Å². The first-order valence-electron chi connectivity index (χ1n) is 8.12. The number of rotatable bonds is 3. The van der Waals surface area contributed by atoms with Crippen LogP contribution in [0.5, 0.6) is 0 Å². The molecule has 0 unspecified atom stereocenters. The maximum absolute atomic E-state index is 11.0. The quantitative estimate of drug-likeness (QED) is 0.911. The van der Waals surface area contributed by atoms with E-state index < -0.39 is 5.97 Å². The summed E-state index contributed by atoms with van der Waals surface area (Å²) in [5.74, 6) is -0.0188. The van der Waals surface area contributed by atoms with E-state index in [9.17, 15) is 4.79 Å². The Kier molecular flexibility index (Phi) is 3.44. The number of carbonyl (C=O) groups is 1. The molecule has 3 heterocycles. The van der Waals surface area contributed by atoms with Crippen LogP contribution in [0.4, 0.5) is 5.82 Å². The first-order valence-corrected chi connectivity index (χ1v) is 8.12. The Bertz CT molecular complexity index is 772. The zero-order chi connectivity index (χ0) is 15.8. The van der Waals surface area contributed by atoms with Gasteiger partial charge in [-0.25, -0.2) is 9.78 Å². The minimum atomic E-state index is -0.943. The SMILES string of the molecule is O=C(O)c1cc2cc(N3CCN(C4=CCCC4)CC3)ncc2[nH]1. The molecule has 23 heavy (non-hydrogen) atoms. The normalized spacial score (nSPS) is 18.5. The number of aromatic nitrogens is 2. The molecule has 0 amide bonds. The summed E-state index contributed by atoms with van der Waals surface area (Å²) in [6, 6.07) is 3.64. The highest BCUT2D eigenvalue weighted by atomic mass is 16.4. The molecule has 1 saturated heterocycles. The molecule has 4 rings (SSSR count). The number of hydrogen-bond donors (Lipinski definition) is 2. The Morgan fingerprint density at radius 2 is 1.96 bits per heavy atom. The summed E-state index contributed by atoms with van der Waals surface area (Å²) in [4.78, 5) is 23.2. The van der Waals surface area contributed by atoms with E-state index in [-0.39, 0.29) is 5.69 Å². The summed E-state index contributed by atoms with van der Waals surface area (Å²) in [5.41, 5.74) is 2.47. The molecule has 0 bridgehead atoms. The van der Waals surface area contributed by atoms with Crippen LogP contribution in [0, 0.1) is 0 Å². The third-order valence-corrected chi connectivity index (χ3v) is 4.75. The Morgan fingerprint density at radius 1 is 1.17 bits per heavy atom. The van der Waals surface area contributed by atoms with Crippen LogP contribution in [0.15, 0.2) is 30.1 Å². The fourth-order valence-electron chi connectivity index (χ4n) is 3.47. The van der Waals surface area contributed by atoms with Crippen LogP contribution in [0.1, 0.15) is 29.8 Å². The summed E-state index contributed by atoms with van der Waals surface area (Å²) in [5, 5.41) is 9.96. The summed E-state index contributed by atoms with van der Waals surface area (Å²) >= 11 is 0. The number of anilines is 1. The van der Waals surface area contributed by atoms with Crippen molar-refractivity contribution in [2.45, 2.75) is 19.3 Å². The minimum Gasteiger partial charge on any atom is -0.477 e. The lowest BCUT2D eigenvalue weighted by molar-refractivity contribution is 0.0691. The molecular formula is C17H20N4O2. The van der Waals surface area contributed by atoms with Crippen LogP contribution in [-0.2, 0) is 0 Å². The van der Waals surface area contributed by atoms with E-state index in [0.717, 1.165) is 42.9 Å². The van der Waals surface area contributed by atoms with Crippen LogP contribution < -0.4 is 4.90 Å². The first-order chi connectivity index (χ1) is 11.2. The zero-order valence-corrected chi connectivity index (χ0v) is 13.0. The lowest BCUT2D eigenvalue weighted by atomic mass is 10.2. The summed E-state index contributed by atoms with van der Waals surface area (Å²) in [6.07, 6.45) is 7.81. The Labute approximate surface area is 134 Å². The lowest BCUT2D eigenvalue weighted by Gasteiger charge is -2.37. The van der Waals surface area contributed by atoms with Crippen LogP contribution in [0.25, 0.3) is 10.9 Å². The molecule has 0 saturated carbocycles. The molecule has 1 fully saturated rings. The van der Waals surface area contributed by atoms with Gasteiger partial charge in [0.25, 0.3) is 0 Å². The molecule has 6 nitrogen and oxygen atoms in total. The van der Waals surface area contributed by atoms with E-state index in [1.807, 2.05) is 6.07 Å². The second-order valence-corrected chi connectivity index (χ2v) is 6.18. The second-order valence-electron chi connectivity index (χ2n) is 6.18. The number of pyridine rings is 1. The van der Waals surface area contributed by atoms with Crippen molar-refractivity contribution in [3.8, 4) is 0 Å². The molecule has 2 aliphatic rings. The van der Waals surface area contributed by atoms with Gasteiger partial charge in [-0.15, -0.1) is 0 Å². The van der Waals surface area contributed by atoms with Crippen LogP contribution in [0.3, 0.4) is 0 Å². The number of carboxylic acid groups (broad SMARTS) is 1. The number of nitrogens with one attached hydrogen (secondary N) is 1. The van der Waals surface area contributed by atoms with E-state index >= 15 is 0 Å². The molecule has 1 aliphatic heterocycles. The van der Waals surface area contributed by atoms with Crippen LogP contribution in [-0.4, -0.2) is 52.1 Å². The molecule has 2 aromatic rings. The van der Waals surface area contributed by atoms with Gasteiger partial charge in [0.2, 0.25) is 0 Å². The van der Waals surface area contributed by atoms with Gasteiger partial charge >= 0.3 is 5.97 Å². The molecule has 0 radical (unpaired) electrons. The molecule has 2 aromatic heterocycles. The molecule has 6 heteroatoms. The second kappa shape index (κ2) is 5.61. The highest BCUT2D eigenvalue weighted by Gasteiger charge is 2.21. The highest BCUT2D eigenvalue weighted by Crippen LogP contribution is 2.25. The predicted octanol–water partition coefficient (Wildman–Crippen LogP) is 2.45. The van der Waals surface area contributed by atoms with Gasteiger partial charge in [0.1, 0.15) is 11.5 Å². The zero-order valence-electron chi connectivity index (χ0n) is 13.0. The fourth-order valence-corrected chi connectivity index (χ4v) is 3.47. The van der Waals surface area contributed by atoms with Crippen molar-refractivity contribution in [1.29, 1.82) is 0 Å². The number of hydrogen-bond acceptors (Lipinski definition) is 4. The van der Waals surface area contributed by atoms with Gasteiger partial charge in [-0.05, 0) is 31.4 Å². The number of allylic oxidation sites excluding steroid dienone is 2. The number of fused-ring (bicyclic) bond motifs is 1. The number of H-pyrrole nitrogens is 1. The Morgan fingerprint density at radius 3 is 2.65 bits per heavy atom. The Hall–Kier alpha value is -2.50. The van der Waals surface area contributed by atoms with Crippen molar-refractivity contribution in [1.82, 2.24) is 14.9 Å². The molecule has 120 valence electrons. The maximum atomic E-state index is 11.0. The van der Waals surface area contributed by atoms with E-state index in [1.54, 1.807) is 12.3 Å². The molecule has 2 N–H and O–H groups in total. The van der Waals surface area contributed by atoms with Crippen molar-refractivity contribution in [3.63, 3.8) is 0 Å². The van der Waals surface area contributed by atoms with Crippen molar-refractivity contribution in [3.05, 3.63) is 35.8 Å². The smallest absolute Gasteiger partial charge is 0.352 e. The number of nitrogens with zero attached hydrogens (tertiary/aromatic N) is 3. The van der Waals surface area contributed by atoms with Crippen molar-refractivity contribution in [2.24, 2.45) is 0 Å². The topological polar surface area (TPSA) is 72.5 Å². The lowest BCUT2D eigenvalue weighted by Crippen LogP contribution is -2.45. The van der Waals surface area contributed by atoms with Crippen molar-refractivity contribution < 1.29 is 9.90 Å². The fraction of sp³-hybridized carbons (Fsp3) is 0.412. The number of piperazine rings is 1. The van der Waals surface area contributed by atoms with E-state index in [4.69, 9.17) is 5.11 Å². The average Bonchev–Trinajstić information content (AvgIpc) is 3.24. The number of aromatic amines is 1. The molecule has 0 aromatic carbocycles. The molecule has 1 aliphatic carbocycles. The highest BCUT2D eigenvalue weighted by molar-refractivity contribution is 5.94. The average molecular weight is 312 g/mol. The van der Waals surface area contributed by atoms with E-state index in [1.165, 1.54) is 25.0 Å². The summed E-state index contributed by atoms with van der Waals surface area (Å²) in [6.45, 7) is 3.95. The summed E-state index contributed by atoms with van der Waals surface area (Å²) in [7, 11) is 0.